The third kappa shape index (κ3) is 6.86. The molecule has 0 radical (unpaired) electrons. The topological polar surface area (TPSA) is 50.5 Å². The van der Waals surface area contributed by atoms with Crippen molar-refractivity contribution in [1.29, 1.82) is 0 Å². The van der Waals surface area contributed by atoms with Gasteiger partial charge in [-0.05, 0) is 76.3 Å². The summed E-state index contributed by atoms with van der Waals surface area (Å²) in [6, 6.07) is 9.24. The number of ether oxygens (including phenoxy) is 1. The summed E-state index contributed by atoms with van der Waals surface area (Å²) in [5, 5.41) is 3.51. The van der Waals surface area contributed by atoms with Crippen LogP contribution in [0.5, 0.6) is 5.75 Å². The van der Waals surface area contributed by atoms with Crippen molar-refractivity contribution in [3.8, 4) is 17.2 Å². The van der Waals surface area contributed by atoms with Gasteiger partial charge in [-0.3, -0.25) is 0 Å². The van der Waals surface area contributed by atoms with Crippen LogP contribution in [0.4, 0.5) is 0 Å². The van der Waals surface area contributed by atoms with Gasteiger partial charge >= 0.3 is 0 Å². The van der Waals surface area contributed by atoms with Gasteiger partial charge in [0.25, 0.3) is 0 Å². The summed E-state index contributed by atoms with van der Waals surface area (Å²) in [6.45, 7) is 12.9. The second-order valence-electron chi connectivity index (χ2n) is 8.81. The third-order valence-electron chi connectivity index (χ3n) is 5.66. The lowest BCUT2D eigenvalue weighted by Crippen LogP contribution is -2.28. The van der Waals surface area contributed by atoms with E-state index in [1.807, 2.05) is 24.3 Å². The summed E-state index contributed by atoms with van der Waals surface area (Å²) in [6.07, 6.45) is 6.63. The van der Waals surface area contributed by atoms with E-state index in [4.69, 9.17) is 9.15 Å². The Balaban J connectivity index is 1.42. The SMILES string of the molecule is CC(C)CC(C)NCc1coc(-c2ccc(OCCCN3CCCC3C)cc2)n1. The van der Waals surface area contributed by atoms with Crippen LogP contribution in [-0.4, -0.2) is 41.7 Å². The zero-order valence-electron chi connectivity index (χ0n) is 18.5. The molecule has 5 heteroatoms. The Bertz CT molecular complexity index is 726. The number of rotatable bonds is 11. The Labute approximate surface area is 175 Å². The molecule has 1 aromatic heterocycles. The molecule has 0 saturated carbocycles. The van der Waals surface area contributed by atoms with Crippen LogP contribution in [0.1, 0.15) is 59.1 Å². The molecule has 2 aromatic rings. The molecular weight excluding hydrogens is 362 g/mol. The first-order chi connectivity index (χ1) is 14.0. The van der Waals surface area contributed by atoms with Gasteiger partial charge in [0.15, 0.2) is 0 Å². The Hall–Kier alpha value is -1.85. The van der Waals surface area contributed by atoms with Crippen molar-refractivity contribution < 1.29 is 9.15 Å². The van der Waals surface area contributed by atoms with Crippen molar-refractivity contribution in [2.45, 2.75) is 72.0 Å². The second-order valence-corrected chi connectivity index (χ2v) is 8.81. The van der Waals surface area contributed by atoms with E-state index in [1.165, 1.54) is 19.4 Å². The molecule has 3 rings (SSSR count). The predicted octanol–water partition coefficient (Wildman–Crippen LogP) is 5.12. The van der Waals surface area contributed by atoms with Crippen LogP contribution in [0, 0.1) is 5.92 Å². The van der Waals surface area contributed by atoms with Crippen molar-refractivity contribution in [2.75, 3.05) is 19.7 Å². The molecule has 1 aliphatic rings. The smallest absolute Gasteiger partial charge is 0.226 e. The molecule has 0 spiro atoms. The Kier molecular flexibility index (Phi) is 8.13. The summed E-state index contributed by atoms with van der Waals surface area (Å²) >= 11 is 0. The van der Waals surface area contributed by atoms with Gasteiger partial charge in [0.2, 0.25) is 5.89 Å². The number of benzene rings is 1. The van der Waals surface area contributed by atoms with E-state index < -0.39 is 0 Å². The van der Waals surface area contributed by atoms with Gasteiger partial charge in [0, 0.05) is 30.7 Å². The molecule has 29 heavy (non-hydrogen) atoms. The number of likely N-dealkylation sites (tertiary alicyclic amines) is 1. The molecular formula is C24H37N3O2. The minimum absolute atomic E-state index is 0.472. The van der Waals surface area contributed by atoms with E-state index >= 15 is 0 Å². The number of hydrogen-bond acceptors (Lipinski definition) is 5. The number of nitrogens with zero attached hydrogens (tertiary/aromatic N) is 2. The predicted molar refractivity (Wildman–Crippen MR) is 118 cm³/mol. The van der Waals surface area contributed by atoms with Crippen LogP contribution in [0.15, 0.2) is 34.9 Å². The number of hydrogen-bond donors (Lipinski definition) is 1. The highest BCUT2D eigenvalue weighted by molar-refractivity contribution is 5.54. The fourth-order valence-corrected chi connectivity index (χ4v) is 4.07. The molecule has 0 aliphatic carbocycles. The van der Waals surface area contributed by atoms with Gasteiger partial charge in [0.05, 0.1) is 12.3 Å². The van der Waals surface area contributed by atoms with Crippen LogP contribution < -0.4 is 10.1 Å². The molecule has 1 N–H and O–H groups in total. The standard InChI is InChI=1S/C24H37N3O2/c1-18(2)15-19(3)25-16-22-17-29-24(26-22)21-8-10-23(11-9-21)28-14-6-13-27-12-5-7-20(27)4/h8-11,17-20,25H,5-7,12-16H2,1-4H3. The van der Waals surface area contributed by atoms with E-state index in [2.05, 4.69) is 42.9 Å². The highest BCUT2D eigenvalue weighted by Crippen LogP contribution is 2.22. The maximum atomic E-state index is 5.91. The fourth-order valence-electron chi connectivity index (χ4n) is 4.07. The first-order valence-corrected chi connectivity index (χ1v) is 11.2. The molecule has 0 bridgehead atoms. The minimum atomic E-state index is 0.472. The van der Waals surface area contributed by atoms with Crippen LogP contribution in [-0.2, 0) is 6.54 Å². The molecule has 0 amide bonds. The molecule has 2 unspecified atom stereocenters. The second kappa shape index (κ2) is 10.8. The summed E-state index contributed by atoms with van der Waals surface area (Å²) in [5.74, 6) is 2.25. The van der Waals surface area contributed by atoms with Crippen LogP contribution in [0.25, 0.3) is 11.5 Å². The van der Waals surface area contributed by atoms with Gasteiger partial charge in [-0.1, -0.05) is 13.8 Å². The van der Waals surface area contributed by atoms with Gasteiger partial charge in [-0.2, -0.15) is 0 Å². The van der Waals surface area contributed by atoms with Crippen molar-refractivity contribution in [3.05, 3.63) is 36.2 Å². The summed E-state index contributed by atoms with van der Waals surface area (Å²) in [4.78, 5) is 7.17. The number of aromatic nitrogens is 1. The number of nitrogens with one attached hydrogen (secondary N) is 1. The Morgan fingerprint density at radius 2 is 2.03 bits per heavy atom. The molecule has 2 atom stereocenters. The van der Waals surface area contributed by atoms with Crippen molar-refractivity contribution in [2.24, 2.45) is 5.92 Å². The Morgan fingerprint density at radius 1 is 1.24 bits per heavy atom. The van der Waals surface area contributed by atoms with E-state index in [1.54, 1.807) is 6.26 Å². The first-order valence-electron chi connectivity index (χ1n) is 11.2. The molecule has 160 valence electrons. The molecule has 1 aliphatic heterocycles. The molecule has 2 heterocycles. The number of oxazole rings is 1. The lowest BCUT2D eigenvalue weighted by Gasteiger charge is -2.20. The zero-order valence-corrected chi connectivity index (χ0v) is 18.5. The zero-order chi connectivity index (χ0) is 20.6. The molecule has 1 fully saturated rings. The van der Waals surface area contributed by atoms with E-state index in [-0.39, 0.29) is 0 Å². The van der Waals surface area contributed by atoms with E-state index in [9.17, 15) is 0 Å². The summed E-state index contributed by atoms with van der Waals surface area (Å²) in [5.41, 5.74) is 1.91. The highest BCUT2D eigenvalue weighted by atomic mass is 16.5. The van der Waals surface area contributed by atoms with Crippen LogP contribution in [0.3, 0.4) is 0 Å². The van der Waals surface area contributed by atoms with Crippen molar-refractivity contribution in [3.63, 3.8) is 0 Å². The Morgan fingerprint density at radius 3 is 2.72 bits per heavy atom. The maximum absolute atomic E-state index is 5.91. The molecule has 1 saturated heterocycles. The third-order valence-corrected chi connectivity index (χ3v) is 5.66. The highest BCUT2D eigenvalue weighted by Gasteiger charge is 2.19. The lowest BCUT2D eigenvalue weighted by molar-refractivity contribution is 0.230. The largest absolute Gasteiger partial charge is 0.494 e. The van der Waals surface area contributed by atoms with E-state index in [0.717, 1.165) is 55.6 Å². The summed E-state index contributed by atoms with van der Waals surface area (Å²) < 4.78 is 11.6. The maximum Gasteiger partial charge on any atom is 0.226 e. The minimum Gasteiger partial charge on any atom is -0.494 e. The van der Waals surface area contributed by atoms with Gasteiger partial charge in [-0.25, -0.2) is 4.98 Å². The quantitative estimate of drug-likeness (QED) is 0.532. The van der Waals surface area contributed by atoms with Gasteiger partial charge in [0.1, 0.15) is 12.0 Å². The fraction of sp³-hybridized carbons (Fsp3) is 0.625. The van der Waals surface area contributed by atoms with Crippen molar-refractivity contribution in [1.82, 2.24) is 15.2 Å². The normalized spacial score (nSPS) is 18.4. The summed E-state index contributed by atoms with van der Waals surface area (Å²) in [7, 11) is 0. The average Bonchev–Trinajstić information content (AvgIpc) is 3.33. The van der Waals surface area contributed by atoms with Crippen LogP contribution >= 0.6 is 0 Å². The van der Waals surface area contributed by atoms with Crippen LogP contribution in [0.2, 0.25) is 0 Å². The average molecular weight is 400 g/mol. The lowest BCUT2D eigenvalue weighted by atomic mass is 10.1. The molecule has 1 aromatic carbocycles. The first kappa shape index (κ1) is 21.8. The van der Waals surface area contributed by atoms with Gasteiger partial charge in [-0.15, -0.1) is 0 Å². The molecule has 5 nitrogen and oxygen atoms in total. The monoisotopic (exact) mass is 399 g/mol. The van der Waals surface area contributed by atoms with Gasteiger partial charge < -0.3 is 19.4 Å². The van der Waals surface area contributed by atoms with E-state index in [0.29, 0.717) is 17.9 Å². The van der Waals surface area contributed by atoms with Crippen molar-refractivity contribution >= 4 is 0 Å².